The molecule has 0 saturated carbocycles. The summed E-state index contributed by atoms with van der Waals surface area (Å²) in [5.41, 5.74) is 4.47. The van der Waals surface area contributed by atoms with Crippen LogP contribution in [0.15, 0.2) is 47.4 Å². The number of hydrogen-bond acceptors (Lipinski definition) is 7. The highest BCUT2D eigenvalue weighted by atomic mass is 32.2. The largest absolute Gasteiger partial charge is 0.490 e. The number of nitrogens with one attached hydrogen (secondary N) is 3. The van der Waals surface area contributed by atoms with E-state index in [-0.39, 0.29) is 24.3 Å². The van der Waals surface area contributed by atoms with Crippen molar-refractivity contribution in [1.82, 2.24) is 15.6 Å². The molecule has 0 radical (unpaired) electrons. The van der Waals surface area contributed by atoms with Gasteiger partial charge in [0.05, 0.1) is 18.1 Å². The number of ether oxygens (including phenoxy) is 3. The van der Waals surface area contributed by atoms with E-state index in [9.17, 15) is 22.4 Å². The van der Waals surface area contributed by atoms with Crippen LogP contribution < -0.4 is 29.8 Å². The molecule has 1 heterocycles. The molecule has 3 rings (SSSR count). The molecule has 0 unspecified atom stereocenters. The Hall–Kier alpha value is -3.38. The minimum atomic E-state index is -3.80. The van der Waals surface area contributed by atoms with Crippen molar-refractivity contribution in [2.24, 2.45) is 0 Å². The number of hydrogen-bond donors (Lipinski definition) is 3. The van der Waals surface area contributed by atoms with Crippen molar-refractivity contribution in [2.75, 3.05) is 19.8 Å². The predicted octanol–water partition coefficient (Wildman–Crippen LogP) is 1.66. The fourth-order valence-corrected chi connectivity index (χ4v) is 4.00. The molecule has 34 heavy (non-hydrogen) atoms. The van der Waals surface area contributed by atoms with Crippen LogP contribution in [0.5, 0.6) is 17.2 Å². The van der Waals surface area contributed by atoms with Gasteiger partial charge in [-0.1, -0.05) is 0 Å². The maximum atomic E-state index is 12.9. The lowest BCUT2D eigenvalue weighted by Gasteiger charge is -2.15. The number of halogens is 1. The number of sulfonamides is 1. The van der Waals surface area contributed by atoms with E-state index in [2.05, 4.69) is 15.6 Å². The molecular formula is C22H26FN3O7S. The van der Waals surface area contributed by atoms with Crippen LogP contribution in [0.25, 0.3) is 0 Å². The number of benzene rings is 2. The van der Waals surface area contributed by atoms with E-state index in [0.29, 0.717) is 36.9 Å². The molecule has 0 aliphatic carbocycles. The third-order valence-corrected chi connectivity index (χ3v) is 6.18. The average molecular weight is 496 g/mol. The Morgan fingerprint density at radius 2 is 1.76 bits per heavy atom. The van der Waals surface area contributed by atoms with E-state index in [1.165, 1.54) is 43.3 Å². The molecule has 0 saturated heterocycles. The molecule has 2 amide bonds. The smallest absolute Gasteiger partial charge is 0.279 e. The second-order valence-electron chi connectivity index (χ2n) is 7.41. The lowest BCUT2D eigenvalue weighted by atomic mass is 10.3. The van der Waals surface area contributed by atoms with E-state index in [0.717, 1.165) is 0 Å². The summed E-state index contributed by atoms with van der Waals surface area (Å²) in [7, 11) is -3.80. The third kappa shape index (κ3) is 7.32. The van der Waals surface area contributed by atoms with Crippen molar-refractivity contribution in [1.29, 1.82) is 0 Å². The zero-order chi connectivity index (χ0) is 24.6. The van der Waals surface area contributed by atoms with Crippen LogP contribution in [0.4, 0.5) is 4.39 Å². The van der Waals surface area contributed by atoms with Gasteiger partial charge in [0, 0.05) is 25.5 Å². The number of carbonyl (C=O) groups is 2. The topological polar surface area (TPSA) is 132 Å². The van der Waals surface area contributed by atoms with Gasteiger partial charge in [0.15, 0.2) is 17.6 Å². The molecule has 0 bridgehead atoms. The third-order valence-electron chi connectivity index (χ3n) is 4.72. The van der Waals surface area contributed by atoms with Gasteiger partial charge in [0.1, 0.15) is 11.6 Å². The first-order chi connectivity index (χ1) is 16.2. The average Bonchev–Trinajstić information content (AvgIpc) is 3.06. The minimum absolute atomic E-state index is 0.0161. The Bertz CT molecular complexity index is 1110. The maximum Gasteiger partial charge on any atom is 0.279 e. The number of hydrazine groups is 1. The quantitative estimate of drug-likeness (QED) is 0.356. The van der Waals surface area contributed by atoms with E-state index >= 15 is 0 Å². The van der Waals surface area contributed by atoms with Crippen LogP contribution >= 0.6 is 0 Å². The lowest BCUT2D eigenvalue weighted by Crippen LogP contribution is -2.47. The van der Waals surface area contributed by atoms with Gasteiger partial charge in [-0.05, 0) is 49.7 Å². The first-order valence-corrected chi connectivity index (χ1v) is 12.1. The Kier molecular flexibility index (Phi) is 8.66. The van der Waals surface area contributed by atoms with Gasteiger partial charge in [-0.25, -0.2) is 17.5 Å². The van der Waals surface area contributed by atoms with Gasteiger partial charge in [-0.2, -0.15) is 0 Å². The fourth-order valence-electron chi connectivity index (χ4n) is 2.92. The van der Waals surface area contributed by atoms with Crippen LogP contribution in [0.1, 0.15) is 26.2 Å². The van der Waals surface area contributed by atoms with Crippen molar-refractivity contribution < 1.29 is 36.6 Å². The molecule has 3 N–H and O–H groups in total. The van der Waals surface area contributed by atoms with Crippen LogP contribution in [0.3, 0.4) is 0 Å². The number of fused-ring (bicyclic) bond motifs is 1. The highest BCUT2D eigenvalue weighted by molar-refractivity contribution is 7.89. The highest BCUT2D eigenvalue weighted by Crippen LogP contribution is 2.31. The van der Waals surface area contributed by atoms with Gasteiger partial charge >= 0.3 is 0 Å². The van der Waals surface area contributed by atoms with Crippen molar-refractivity contribution in [3.8, 4) is 17.2 Å². The maximum absolute atomic E-state index is 12.9. The molecule has 184 valence electrons. The molecule has 1 aliphatic heterocycles. The molecule has 0 fully saturated rings. The lowest BCUT2D eigenvalue weighted by molar-refractivity contribution is -0.132. The summed E-state index contributed by atoms with van der Waals surface area (Å²) >= 11 is 0. The van der Waals surface area contributed by atoms with Crippen molar-refractivity contribution in [3.05, 3.63) is 48.3 Å². The zero-order valence-corrected chi connectivity index (χ0v) is 19.3. The van der Waals surface area contributed by atoms with Crippen molar-refractivity contribution in [2.45, 2.75) is 37.2 Å². The van der Waals surface area contributed by atoms with Crippen molar-refractivity contribution >= 4 is 21.8 Å². The van der Waals surface area contributed by atoms with E-state index in [4.69, 9.17) is 14.2 Å². The molecular weight excluding hydrogens is 469 g/mol. The summed E-state index contributed by atoms with van der Waals surface area (Å²) in [5.74, 6) is -0.373. The Labute approximate surface area is 196 Å². The van der Waals surface area contributed by atoms with Gasteiger partial charge in [0.25, 0.3) is 5.91 Å². The Morgan fingerprint density at radius 3 is 2.50 bits per heavy atom. The SMILES string of the molecule is C[C@@H](Oc1ccc(F)cc1)C(=O)NNC(=O)CCCNS(=O)(=O)c1ccc2c(c1)OCCCO2. The van der Waals surface area contributed by atoms with Gasteiger partial charge in [0.2, 0.25) is 15.9 Å². The standard InChI is InChI=1S/C22H26FN3O7S/c1-15(33-17-7-5-16(23)6-8-17)22(28)26-25-21(27)4-2-11-24-34(29,30)18-9-10-19-20(14-18)32-13-3-12-31-19/h5-10,14-15,24H,2-4,11-13H2,1H3,(H,25,27)(H,26,28)/t15-/m1/s1. The Balaban J connectivity index is 1.38. The second-order valence-corrected chi connectivity index (χ2v) is 9.18. The number of carbonyl (C=O) groups excluding carboxylic acids is 2. The zero-order valence-electron chi connectivity index (χ0n) is 18.5. The normalized spacial score (nSPS) is 13.9. The van der Waals surface area contributed by atoms with Crippen molar-refractivity contribution in [3.63, 3.8) is 0 Å². The predicted molar refractivity (Wildman–Crippen MR) is 119 cm³/mol. The first kappa shape index (κ1) is 25.2. The summed E-state index contributed by atoms with van der Waals surface area (Å²) in [6.07, 6.45) is -0.0602. The monoisotopic (exact) mass is 495 g/mol. The first-order valence-electron chi connectivity index (χ1n) is 10.6. The molecule has 10 nitrogen and oxygen atoms in total. The van der Waals surface area contributed by atoms with E-state index in [1.807, 2.05) is 0 Å². The summed E-state index contributed by atoms with van der Waals surface area (Å²) in [4.78, 5) is 24.0. The van der Waals surface area contributed by atoms with Crippen LogP contribution in [-0.4, -0.2) is 46.1 Å². The van der Waals surface area contributed by atoms with Crippen LogP contribution in [-0.2, 0) is 19.6 Å². The van der Waals surface area contributed by atoms with Gasteiger partial charge < -0.3 is 14.2 Å². The second kappa shape index (κ2) is 11.7. The number of rotatable bonds is 9. The Morgan fingerprint density at radius 1 is 1.06 bits per heavy atom. The number of amides is 2. The van der Waals surface area contributed by atoms with E-state index in [1.54, 1.807) is 6.07 Å². The molecule has 2 aromatic carbocycles. The van der Waals surface area contributed by atoms with Crippen LogP contribution in [0.2, 0.25) is 0 Å². The molecule has 0 aromatic heterocycles. The molecule has 12 heteroatoms. The molecule has 1 aliphatic rings. The fraction of sp³-hybridized carbons (Fsp3) is 0.364. The van der Waals surface area contributed by atoms with Gasteiger partial charge in [-0.3, -0.25) is 20.4 Å². The minimum Gasteiger partial charge on any atom is -0.490 e. The van der Waals surface area contributed by atoms with Crippen LogP contribution in [0, 0.1) is 5.82 Å². The summed E-state index contributed by atoms with van der Waals surface area (Å²) in [6.45, 7) is 2.42. The summed E-state index contributed by atoms with van der Waals surface area (Å²) in [5, 5.41) is 0. The summed E-state index contributed by atoms with van der Waals surface area (Å²) in [6, 6.07) is 9.53. The highest BCUT2D eigenvalue weighted by Gasteiger charge is 2.19. The molecule has 1 atom stereocenters. The van der Waals surface area contributed by atoms with E-state index < -0.39 is 33.8 Å². The molecule has 0 spiro atoms. The molecule has 2 aromatic rings. The van der Waals surface area contributed by atoms with Gasteiger partial charge in [-0.15, -0.1) is 0 Å². The summed E-state index contributed by atoms with van der Waals surface area (Å²) < 4.78 is 56.7.